The predicted octanol–water partition coefficient (Wildman–Crippen LogP) is 6.46. The van der Waals surface area contributed by atoms with Gasteiger partial charge in [0.05, 0.1) is 18.4 Å². The van der Waals surface area contributed by atoms with Gasteiger partial charge in [-0.05, 0) is 111 Å². The highest BCUT2D eigenvalue weighted by Gasteiger charge is 2.37. The largest absolute Gasteiger partial charge is 0.491 e. The molecule has 8 heteroatoms. The molecule has 0 aromatic heterocycles. The minimum Gasteiger partial charge on any atom is -0.491 e. The predicted molar refractivity (Wildman–Crippen MR) is 158 cm³/mol. The Hall–Kier alpha value is -2.09. The Morgan fingerprint density at radius 2 is 1.87 bits per heavy atom. The summed E-state index contributed by atoms with van der Waals surface area (Å²) >= 11 is 6.39. The van der Waals surface area contributed by atoms with Crippen molar-refractivity contribution < 1.29 is 18.8 Å². The fourth-order valence-corrected chi connectivity index (χ4v) is 7.48. The number of anilines is 1. The molecular formula is C31H41ClN2O4S. The Morgan fingerprint density at radius 3 is 2.67 bits per heavy atom. The third-order valence-corrected chi connectivity index (χ3v) is 10.9. The standard InChI is InChI=1S/C31H41ClN2O4S/c1-20-6-5-8-29(35)27-13-10-25(27)19-34-18-24-9-12-26(32)16-22(24)7-3-4-15-38-30-14-11-23(17-28(30)34)31(36)33-39(37)21(20)2/h9,11-12,14,16-17,20-21,25,27,29,35,39H,3-8,10,13,15,18-19H2,1-2H3/t20-,21+,25-,27+,29-/m0/s1. The van der Waals surface area contributed by atoms with E-state index in [1.807, 2.05) is 25.1 Å². The smallest absolute Gasteiger partial charge is 0.284 e. The molecule has 2 bridgehead atoms. The number of aryl methyl sites for hydroxylation is 1. The van der Waals surface area contributed by atoms with Crippen molar-refractivity contribution in [3.05, 3.63) is 58.1 Å². The molecule has 0 spiro atoms. The summed E-state index contributed by atoms with van der Waals surface area (Å²) in [6.45, 7) is 5.98. The number of halogens is 1. The number of thiol groups is 1. The highest BCUT2D eigenvalue weighted by atomic mass is 35.5. The average molecular weight is 573 g/mol. The van der Waals surface area contributed by atoms with E-state index >= 15 is 0 Å². The van der Waals surface area contributed by atoms with E-state index in [1.165, 1.54) is 11.1 Å². The van der Waals surface area contributed by atoms with Crippen LogP contribution in [0.2, 0.25) is 5.02 Å². The Bertz CT molecular complexity index is 1280. The molecule has 1 saturated carbocycles. The number of carbonyl (C=O) groups excluding carboxylic acids is 1. The summed E-state index contributed by atoms with van der Waals surface area (Å²) in [5.74, 6) is 1.08. The molecule has 6 atom stereocenters. The maximum Gasteiger partial charge on any atom is 0.284 e. The van der Waals surface area contributed by atoms with Crippen LogP contribution in [0.25, 0.3) is 0 Å². The third kappa shape index (κ3) is 6.63. The number of aliphatic hydroxyl groups is 1. The number of hydrogen-bond acceptors (Lipinski definition) is 5. The van der Waals surface area contributed by atoms with E-state index in [0.717, 1.165) is 74.4 Å². The number of fused-ring (bicyclic) bond motifs is 3. The van der Waals surface area contributed by atoms with Gasteiger partial charge >= 0.3 is 0 Å². The molecule has 0 saturated heterocycles. The van der Waals surface area contributed by atoms with Gasteiger partial charge in [-0.2, -0.15) is 4.36 Å². The number of hydrogen-bond donors (Lipinski definition) is 2. The monoisotopic (exact) mass is 572 g/mol. The maximum atomic E-state index is 13.2. The van der Waals surface area contributed by atoms with Crippen LogP contribution in [0.5, 0.6) is 5.75 Å². The minimum absolute atomic E-state index is 0.160. The Balaban J connectivity index is 1.59. The zero-order valence-corrected chi connectivity index (χ0v) is 24.7. The number of carbonyl (C=O) groups is 1. The Kier molecular flexibility index (Phi) is 9.20. The highest BCUT2D eigenvalue weighted by molar-refractivity contribution is 7.76. The molecule has 2 aliphatic heterocycles. The highest BCUT2D eigenvalue weighted by Crippen LogP contribution is 2.42. The first-order valence-corrected chi connectivity index (χ1v) is 16.2. The number of rotatable bonds is 0. The lowest BCUT2D eigenvalue weighted by molar-refractivity contribution is 0.00878. The molecule has 1 unspecified atom stereocenters. The first-order chi connectivity index (χ1) is 18.8. The van der Waals surface area contributed by atoms with E-state index in [2.05, 4.69) is 28.3 Å². The van der Waals surface area contributed by atoms with Gasteiger partial charge in [-0.3, -0.25) is 9.00 Å². The fourth-order valence-electron chi connectivity index (χ4n) is 6.23. The quantitative estimate of drug-likeness (QED) is 0.354. The summed E-state index contributed by atoms with van der Waals surface area (Å²) in [7, 11) is -2.05. The van der Waals surface area contributed by atoms with Crippen LogP contribution in [0.1, 0.15) is 80.3 Å². The van der Waals surface area contributed by atoms with Crippen LogP contribution in [0.15, 0.2) is 40.8 Å². The SMILES string of the molecule is C[C@@H]1[C@@H](C)CCC[C@H](O)[C@@H]2CC[C@H]2CN2Cc3ccc(Cl)cc3CCCCOc3ccc(cc32)C(=O)/N=[SH]\1=O. The second-order valence-corrected chi connectivity index (χ2v) is 13.8. The van der Waals surface area contributed by atoms with E-state index in [9.17, 15) is 14.1 Å². The van der Waals surface area contributed by atoms with Crippen molar-refractivity contribution in [3.8, 4) is 5.75 Å². The van der Waals surface area contributed by atoms with Gasteiger partial charge in [0.25, 0.3) is 5.91 Å². The Labute approximate surface area is 239 Å². The Morgan fingerprint density at radius 1 is 1.03 bits per heavy atom. The lowest BCUT2D eigenvalue weighted by Gasteiger charge is -2.43. The van der Waals surface area contributed by atoms with Crippen LogP contribution in [0.4, 0.5) is 5.69 Å². The molecule has 2 aromatic carbocycles. The third-order valence-electron chi connectivity index (χ3n) is 9.12. The molecule has 1 N–H and O–H groups in total. The summed E-state index contributed by atoms with van der Waals surface area (Å²) in [4.78, 5) is 15.5. The van der Waals surface area contributed by atoms with Crippen LogP contribution in [-0.2, 0) is 23.6 Å². The minimum atomic E-state index is -2.05. The van der Waals surface area contributed by atoms with Crippen LogP contribution in [-0.4, -0.2) is 39.7 Å². The lowest BCUT2D eigenvalue weighted by atomic mass is 9.69. The van der Waals surface area contributed by atoms with Crippen molar-refractivity contribution in [2.75, 3.05) is 18.1 Å². The lowest BCUT2D eigenvalue weighted by Crippen LogP contribution is -2.43. The van der Waals surface area contributed by atoms with Gasteiger partial charge < -0.3 is 14.7 Å². The van der Waals surface area contributed by atoms with Crippen molar-refractivity contribution >= 4 is 33.8 Å². The van der Waals surface area contributed by atoms with Crippen molar-refractivity contribution in [3.63, 3.8) is 0 Å². The van der Waals surface area contributed by atoms with Gasteiger partial charge in [0.15, 0.2) is 0 Å². The number of nitrogens with zero attached hydrogens (tertiary/aromatic N) is 2. The fraction of sp³-hybridized carbons (Fsp3) is 0.581. The molecule has 2 aromatic rings. The summed E-state index contributed by atoms with van der Waals surface area (Å²) in [5.41, 5.74) is 3.73. The van der Waals surface area contributed by atoms with Gasteiger partial charge in [-0.15, -0.1) is 0 Å². The molecular weight excluding hydrogens is 532 g/mol. The zero-order valence-electron chi connectivity index (χ0n) is 23.0. The average Bonchev–Trinajstić information content (AvgIpc) is 2.92. The second kappa shape index (κ2) is 12.6. The van der Waals surface area contributed by atoms with Gasteiger partial charge in [0.2, 0.25) is 0 Å². The van der Waals surface area contributed by atoms with Crippen LogP contribution < -0.4 is 9.64 Å². The number of benzene rings is 2. The molecule has 1 aliphatic carbocycles. The summed E-state index contributed by atoms with van der Waals surface area (Å²) in [6, 6.07) is 11.6. The normalized spacial score (nSPS) is 30.9. The van der Waals surface area contributed by atoms with Crippen molar-refractivity contribution in [2.24, 2.45) is 22.1 Å². The van der Waals surface area contributed by atoms with Crippen LogP contribution >= 0.6 is 11.6 Å². The first-order valence-electron chi connectivity index (χ1n) is 14.5. The topological polar surface area (TPSA) is 79.2 Å². The molecule has 1 amide bonds. The van der Waals surface area contributed by atoms with E-state index in [1.54, 1.807) is 6.07 Å². The van der Waals surface area contributed by atoms with E-state index in [0.29, 0.717) is 24.6 Å². The molecule has 1 fully saturated rings. The van der Waals surface area contributed by atoms with Gasteiger partial charge in [-0.1, -0.05) is 31.0 Å². The van der Waals surface area contributed by atoms with Gasteiger partial charge in [0.1, 0.15) is 5.75 Å². The number of amides is 1. The molecule has 5 rings (SSSR count). The van der Waals surface area contributed by atoms with E-state index in [-0.39, 0.29) is 23.2 Å². The van der Waals surface area contributed by atoms with E-state index < -0.39 is 16.5 Å². The number of ether oxygens (including phenoxy) is 1. The molecule has 6 nitrogen and oxygen atoms in total. The number of aliphatic hydroxyl groups excluding tert-OH is 1. The molecule has 0 radical (unpaired) electrons. The molecule has 2 heterocycles. The van der Waals surface area contributed by atoms with Crippen molar-refractivity contribution in [2.45, 2.75) is 83.1 Å². The summed E-state index contributed by atoms with van der Waals surface area (Å²) < 4.78 is 23.5. The molecule has 39 heavy (non-hydrogen) atoms. The van der Waals surface area contributed by atoms with Crippen LogP contribution in [0.3, 0.4) is 0 Å². The van der Waals surface area contributed by atoms with Crippen molar-refractivity contribution in [1.29, 1.82) is 0 Å². The van der Waals surface area contributed by atoms with Gasteiger partial charge in [-0.25, -0.2) is 0 Å². The first kappa shape index (κ1) is 28.4. The van der Waals surface area contributed by atoms with E-state index in [4.69, 9.17) is 16.3 Å². The molecule has 212 valence electrons. The zero-order chi connectivity index (χ0) is 27.5. The maximum absolute atomic E-state index is 13.2. The summed E-state index contributed by atoms with van der Waals surface area (Å²) in [5, 5.41) is 11.7. The van der Waals surface area contributed by atoms with Crippen molar-refractivity contribution in [1.82, 2.24) is 0 Å². The summed E-state index contributed by atoms with van der Waals surface area (Å²) in [6.07, 6.45) is 7.10. The van der Waals surface area contributed by atoms with Gasteiger partial charge in [0, 0.05) is 39.5 Å². The molecule has 3 aliphatic rings. The van der Waals surface area contributed by atoms with Crippen LogP contribution in [0, 0.1) is 17.8 Å². The second-order valence-electron chi connectivity index (χ2n) is 11.7.